The Kier molecular flexibility index (Phi) is 4.75. The van der Waals surface area contributed by atoms with Crippen LogP contribution < -0.4 is 4.74 Å². The number of carbonyl (C=O) groups is 1. The third kappa shape index (κ3) is 3.50. The molecule has 1 unspecified atom stereocenters. The first-order valence-electron chi connectivity index (χ1n) is 10.7. The molecule has 0 radical (unpaired) electrons. The largest absolute Gasteiger partial charge is 0.490 e. The standard InChI is InChI=1S/C26H26O3/c27-25(28)16-19-11-12-23-22(19)13-14-24(29-21-7-3-4-8-21)26(23)20-10-9-17-5-1-2-6-18(17)15-20/h1-2,5-6,9-10,13-15,19,21H,3-4,7-8,11-12,16H2,(H,27,28). The summed E-state index contributed by atoms with van der Waals surface area (Å²) in [6.45, 7) is 0. The van der Waals surface area contributed by atoms with E-state index in [1.165, 1.54) is 45.9 Å². The summed E-state index contributed by atoms with van der Waals surface area (Å²) in [4.78, 5) is 11.3. The van der Waals surface area contributed by atoms with Crippen LogP contribution in [-0.2, 0) is 11.2 Å². The van der Waals surface area contributed by atoms with Crippen molar-refractivity contribution >= 4 is 16.7 Å². The van der Waals surface area contributed by atoms with E-state index in [2.05, 4.69) is 54.6 Å². The predicted octanol–water partition coefficient (Wildman–Crippen LogP) is 6.33. The van der Waals surface area contributed by atoms with Crippen LogP contribution in [0.1, 0.15) is 55.6 Å². The van der Waals surface area contributed by atoms with Gasteiger partial charge in [-0.15, -0.1) is 0 Å². The van der Waals surface area contributed by atoms with Crippen molar-refractivity contribution in [2.75, 3.05) is 0 Å². The first kappa shape index (κ1) is 18.2. The first-order valence-corrected chi connectivity index (χ1v) is 10.7. The summed E-state index contributed by atoms with van der Waals surface area (Å²) in [7, 11) is 0. The molecule has 3 aromatic rings. The molecule has 1 saturated carbocycles. The number of aliphatic carboxylic acids is 1. The first-order chi connectivity index (χ1) is 14.2. The summed E-state index contributed by atoms with van der Waals surface area (Å²) in [5.74, 6) is 0.338. The fraction of sp³-hybridized carbons (Fsp3) is 0.346. The Morgan fingerprint density at radius 3 is 2.55 bits per heavy atom. The summed E-state index contributed by atoms with van der Waals surface area (Å²) in [5.41, 5.74) is 4.81. The zero-order valence-corrected chi connectivity index (χ0v) is 16.6. The Bertz CT molecular complexity index is 1060. The molecule has 0 saturated heterocycles. The van der Waals surface area contributed by atoms with Gasteiger partial charge in [0.1, 0.15) is 5.75 Å². The minimum absolute atomic E-state index is 0.0993. The number of hydrogen-bond donors (Lipinski definition) is 1. The van der Waals surface area contributed by atoms with E-state index in [0.717, 1.165) is 31.4 Å². The zero-order chi connectivity index (χ0) is 19.8. The van der Waals surface area contributed by atoms with Crippen molar-refractivity contribution in [2.45, 2.75) is 57.0 Å². The van der Waals surface area contributed by atoms with Gasteiger partial charge in [-0.3, -0.25) is 4.79 Å². The number of rotatable bonds is 5. The third-order valence-corrected chi connectivity index (χ3v) is 6.55. The highest BCUT2D eigenvalue weighted by atomic mass is 16.5. The van der Waals surface area contributed by atoms with Gasteiger partial charge in [-0.2, -0.15) is 0 Å². The van der Waals surface area contributed by atoms with Crippen LogP contribution in [0.25, 0.3) is 21.9 Å². The van der Waals surface area contributed by atoms with Crippen LogP contribution >= 0.6 is 0 Å². The summed E-state index contributed by atoms with van der Waals surface area (Å²) < 4.78 is 6.50. The molecular weight excluding hydrogens is 360 g/mol. The number of hydrogen-bond acceptors (Lipinski definition) is 2. The van der Waals surface area contributed by atoms with Gasteiger partial charge in [0.15, 0.2) is 0 Å². The Balaban J connectivity index is 1.63. The van der Waals surface area contributed by atoms with E-state index >= 15 is 0 Å². The topological polar surface area (TPSA) is 46.5 Å². The highest BCUT2D eigenvalue weighted by Gasteiger charge is 2.29. The molecule has 3 heteroatoms. The van der Waals surface area contributed by atoms with Crippen LogP contribution in [0.3, 0.4) is 0 Å². The number of fused-ring (bicyclic) bond motifs is 2. The van der Waals surface area contributed by atoms with Crippen molar-refractivity contribution in [1.82, 2.24) is 0 Å². The Morgan fingerprint density at radius 1 is 0.966 bits per heavy atom. The normalized spacial score (nSPS) is 18.8. The lowest BCUT2D eigenvalue weighted by Gasteiger charge is -2.20. The van der Waals surface area contributed by atoms with E-state index in [1.54, 1.807) is 0 Å². The smallest absolute Gasteiger partial charge is 0.303 e. The molecule has 29 heavy (non-hydrogen) atoms. The molecule has 1 N–H and O–H groups in total. The lowest BCUT2D eigenvalue weighted by molar-refractivity contribution is -0.137. The molecule has 0 amide bonds. The van der Waals surface area contributed by atoms with Gasteiger partial charge in [-0.05, 0) is 84.0 Å². The van der Waals surface area contributed by atoms with Crippen LogP contribution in [0.15, 0.2) is 54.6 Å². The molecule has 0 spiro atoms. The van der Waals surface area contributed by atoms with Crippen LogP contribution in [0.4, 0.5) is 0 Å². The lowest BCUT2D eigenvalue weighted by atomic mass is 9.91. The van der Waals surface area contributed by atoms with Crippen molar-refractivity contribution in [3.05, 3.63) is 65.7 Å². The maximum atomic E-state index is 11.3. The van der Waals surface area contributed by atoms with Crippen molar-refractivity contribution in [3.8, 4) is 16.9 Å². The summed E-state index contributed by atoms with van der Waals surface area (Å²) in [6.07, 6.45) is 7.03. The molecule has 2 aliphatic carbocycles. The minimum Gasteiger partial charge on any atom is -0.490 e. The Morgan fingerprint density at radius 2 is 1.76 bits per heavy atom. The minimum atomic E-state index is -0.721. The van der Waals surface area contributed by atoms with Crippen molar-refractivity contribution in [1.29, 1.82) is 0 Å². The highest BCUT2D eigenvalue weighted by molar-refractivity contribution is 5.89. The molecule has 5 rings (SSSR count). The molecule has 0 aromatic heterocycles. The van der Waals surface area contributed by atoms with E-state index < -0.39 is 5.97 Å². The van der Waals surface area contributed by atoms with E-state index in [-0.39, 0.29) is 12.3 Å². The van der Waals surface area contributed by atoms with E-state index in [9.17, 15) is 9.90 Å². The highest BCUT2D eigenvalue weighted by Crippen LogP contribution is 2.46. The van der Waals surface area contributed by atoms with Gasteiger partial charge in [-0.25, -0.2) is 0 Å². The summed E-state index contributed by atoms with van der Waals surface area (Å²) >= 11 is 0. The van der Waals surface area contributed by atoms with E-state index in [4.69, 9.17) is 4.74 Å². The molecule has 0 aliphatic heterocycles. The Labute approximate surface area is 171 Å². The number of carboxylic acids is 1. The molecular formula is C26H26O3. The van der Waals surface area contributed by atoms with Crippen molar-refractivity contribution in [3.63, 3.8) is 0 Å². The second-order valence-electron chi connectivity index (χ2n) is 8.43. The number of carboxylic acid groups (broad SMARTS) is 1. The second kappa shape index (κ2) is 7.55. The monoisotopic (exact) mass is 386 g/mol. The van der Waals surface area contributed by atoms with Gasteiger partial charge in [0.25, 0.3) is 0 Å². The van der Waals surface area contributed by atoms with Crippen LogP contribution in [0.2, 0.25) is 0 Å². The molecule has 2 aliphatic rings. The average Bonchev–Trinajstić information content (AvgIpc) is 3.37. The van der Waals surface area contributed by atoms with Crippen molar-refractivity contribution < 1.29 is 14.6 Å². The van der Waals surface area contributed by atoms with Gasteiger partial charge in [0, 0.05) is 5.56 Å². The van der Waals surface area contributed by atoms with Gasteiger partial charge >= 0.3 is 5.97 Å². The van der Waals surface area contributed by atoms with Crippen molar-refractivity contribution in [2.24, 2.45) is 0 Å². The summed E-state index contributed by atoms with van der Waals surface area (Å²) in [6, 6.07) is 19.2. The van der Waals surface area contributed by atoms with E-state index in [0.29, 0.717) is 6.10 Å². The molecule has 1 fully saturated rings. The Hall–Kier alpha value is -2.81. The zero-order valence-electron chi connectivity index (χ0n) is 16.6. The lowest BCUT2D eigenvalue weighted by Crippen LogP contribution is -2.12. The van der Waals surface area contributed by atoms with E-state index in [1.807, 2.05) is 0 Å². The van der Waals surface area contributed by atoms with Gasteiger partial charge in [0.2, 0.25) is 0 Å². The quantitative estimate of drug-likeness (QED) is 0.557. The molecule has 3 nitrogen and oxygen atoms in total. The predicted molar refractivity (Wildman–Crippen MR) is 116 cm³/mol. The molecule has 3 aromatic carbocycles. The number of ether oxygens (including phenoxy) is 1. The van der Waals surface area contributed by atoms with Crippen LogP contribution in [0.5, 0.6) is 5.75 Å². The summed E-state index contributed by atoms with van der Waals surface area (Å²) in [5, 5.41) is 11.8. The molecule has 0 heterocycles. The third-order valence-electron chi connectivity index (χ3n) is 6.55. The number of benzene rings is 3. The molecule has 1 atom stereocenters. The fourth-order valence-corrected chi connectivity index (χ4v) is 5.14. The fourth-order valence-electron chi connectivity index (χ4n) is 5.14. The second-order valence-corrected chi connectivity index (χ2v) is 8.43. The SMILES string of the molecule is O=C(O)CC1CCc2c1ccc(OC1CCCC1)c2-c1ccc2ccccc2c1. The van der Waals surface area contributed by atoms with Gasteiger partial charge in [-0.1, -0.05) is 42.5 Å². The van der Waals surface area contributed by atoms with Crippen LogP contribution in [-0.4, -0.2) is 17.2 Å². The maximum Gasteiger partial charge on any atom is 0.303 e. The maximum absolute atomic E-state index is 11.3. The van der Waals surface area contributed by atoms with Crippen LogP contribution in [0, 0.1) is 0 Å². The van der Waals surface area contributed by atoms with Gasteiger partial charge < -0.3 is 9.84 Å². The van der Waals surface area contributed by atoms with Gasteiger partial charge in [0.05, 0.1) is 12.5 Å². The molecule has 0 bridgehead atoms. The average molecular weight is 386 g/mol. The molecule has 148 valence electrons.